The van der Waals surface area contributed by atoms with Crippen LogP contribution in [0.3, 0.4) is 0 Å². The second kappa shape index (κ2) is 5.99. The Labute approximate surface area is 146 Å². The molecule has 1 saturated carbocycles. The molecule has 0 unspecified atom stereocenters. The number of rotatable bonds is 5. The Morgan fingerprint density at radius 1 is 1.17 bits per heavy atom. The third-order valence-corrected chi connectivity index (χ3v) is 5.18. The summed E-state index contributed by atoms with van der Waals surface area (Å²) in [5.74, 6) is 0.0630. The molecule has 4 heteroatoms. The highest BCUT2D eigenvalue weighted by molar-refractivity contribution is 6.30. The van der Waals surface area contributed by atoms with Crippen LogP contribution in [0.4, 0.5) is 0 Å². The first-order chi connectivity index (χ1) is 11.7. The highest BCUT2D eigenvalue weighted by Crippen LogP contribution is 2.48. The largest absolute Gasteiger partial charge is 0.361 e. The van der Waals surface area contributed by atoms with Gasteiger partial charge in [0, 0.05) is 34.1 Å². The van der Waals surface area contributed by atoms with Gasteiger partial charge in [0.2, 0.25) is 5.91 Å². The number of aromatic nitrogens is 1. The SMILES string of the molecule is O=C(Cc1c[nH]c2ccccc12)NCC1(c2cccc(Cl)c2)CC1. The Morgan fingerprint density at radius 3 is 2.79 bits per heavy atom. The monoisotopic (exact) mass is 338 g/mol. The van der Waals surface area contributed by atoms with E-state index >= 15 is 0 Å². The van der Waals surface area contributed by atoms with Gasteiger partial charge in [0.25, 0.3) is 0 Å². The van der Waals surface area contributed by atoms with Gasteiger partial charge in [-0.05, 0) is 42.2 Å². The van der Waals surface area contributed by atoms with Crippen molar-refractivity contribution < 1.29 is 4.79 Å². The van der Waals surface area contributed by atoms with Gasteiger partial charge in [-0.15, -0.1) is 0 Å². The van der Waals surface area contributed by atoms with Crippen LogP contribution >= 0.6 is 11.6 Å². The molecule has 0 aliphatic heterocycles. The van der Waals surface area contributed by atoms with Crippen molar-refractivity contribution in [1.29, 1.82) is 0 Å². The molecule has 1 fully saturated rings. The van der Waals surface area contributed by atoms with Crippen LogP contribution in [0.15, 0.2) is 54.7 Å². The number of benzene rings is 2. The molecule has 1 aromatic heterocycles. The lowest BCUT2D eigenvalue weighted by Gasteiger charge is -2.17. The van der Waals surface area contributed by atoms with Gasteiger partial charge in [-0.2, -0.15) is 0 Å². The van der Waals surface area contributed by atoms with Gasteiger partial charge in [-0.1, -0.05) is 41.9 Å². The number of nitrogens with one attached hydrogen (secondary N) is 2. The Hall–Kier alpha value is -2.26. The van der Waals surface area contributed by atoms with Crippen molar-refractivity contribution in [3.8, 4) is 0 Å². The number of carbonyl (C=O) groups is 1. The summed E-state index contributed by atoms with van der Waals surface area (Å²) in [6, 6.07) is 16.0. The van der Waals surface area contributed by atoms with Gasteiger partial charge in [0.15, 0.2) is 0 Å². The molecular formula is C20H19ClN2O. The molecular weight excluding hydrogens is 320 g/mol. The minimum atomic E-state index is 0.0630. The quantitative estimate of drug-likeness (QED) is 0.719. The van der Waals surface area contributed by atoms with Crippen LogP contribution in [0, 0.1) is 0 Å². The molecule has 0 bridgehead atoms. The third kappa shape index (κ3) is 2.92. The summed E-state index contributed by atoms with van der Waals surface area (Å²) in [7, 11) is 0. The van der Waals surface area contributed by atoms with Gasteiger partial charge in [-0.25, -0.2) is 0 Å². The summed E-state index contributed by atoms with van der Waals surface area (Å²) in [5, 5.41) is 4.98. The van der Waals surface area contributed by atoms with E-state index in [0.717, 1.165) is 34.3 Å². The number of carbonyl (C=O) groups excluding carboxylic acids is 1. The maximum atomic E-state index is 12.4. The van der Waals surface area contributed by atoms with Crippen LogP contribution < -0.4 is 5.32 Å². The molecule has 1 heterocycles. The van der Waals surface area contributed by atoms with E-state index in [4.69, 9.17) is 11.6 Å². The Bertz CT molecular complexity index is 895. The summed E-state index contributed by atoms with van der Waals surface area (Å²) < 4.78 is 0. The number of hydrogen-bond acceptors (Lipinski definition) is 1. The highest BCUT2D eigenvalue weighted by Gasteiger charge is 2.44. The van der Waals surface area contributed by atoms with E-state index in [0.29, 0.717) is 13.0 Å². The number of aromatic amines is 1. The lowest BCUT2D eigenvalue weighted by Crippen LogP contribution is -2.33. The van der Waals surface area contributed by atoms with Crippen molar-refractivity contribution in [2.24, 2.45) is 0 Å². The number of halogens is 1. The molecule has 1 aliphatic rings. The predicted octanol–water partition coefficient (Wildman–Crippen LogP) is 4.21. The molecule has 3 nitrogen and oxygen atoms in total. The van der Waals surface area contributed by atoms with E-state index in [1.54, 1.807) is 0 Å². The molecule has 122 valence electrons. The minimum absolute atomic E-state index is 0.0630. The standard InChI is InChI=1S/C20H19ClN2O/c21-16-5-3-4-15(11-16)20(8-9-20)13-23-19(24)10-14-12-22-18-7-2-1-6-17(14)18/h1-7,11-12,22H,8-10,13H2,(H,23,24). The average Bonchev–Trinajstić information content (AvgIpc) is 3.29. The smallest absolute Gasteiger partial charge is 0.224 e. The van der Waals surface area contributed by atoms with Crippen molar-refractivity contribution >= 4 is 28.4 Å². The second-order valence-electron chi connectivity index (χ2n) is 6.60. The zero-order valence-corrected chi connectivity index (χ0v) is 14.1. The van der Waals surface area contributed by atoms with Crippen molar-refractivity contribution in [3.05, 3.63) is 70.9 Å². The van der Waals surface area contributed by atoms with Crippen LogP contribution in [0.1, 0.15) is 24.0 Å². The molecule has 24 heavy (non-hydrogen) atoms. The molecule has 2 N–H and O–H groups in total. The maximum absolute atomic E-state index is 12.4. The van der Waals surface area contributed by atoms with Crippen LogP contribution in [0.5, 0.6) is 0 Å². The lowest BCUT2D eigenvalue weighted by molar-refractivity contribution is -0.120. The summed E-state index contributed by atoms with van der Waals surface area (Å²) >= 11 is 6.10. The van der Waals surface area contributed by atoms with Crippen LogP contribution in [0.25, 0.3) is 10.9 Å². The summed E-state index contributed by atoms with van der Waals surface area (Å²) in [4.78, 5) is 15.6. The van der Waals surface area contributed by atoms with Crippen molar-refractivity contribution in [1.82, 2.24) is 10.3 Å². The molecule has 2 aromatic carbocycles. The molecule has 0 saturated heterocycles. The van der Waals surface area contributed by atoms with Crippen molar-refractivity contribution in [2.75, 3.05) is 6.54 Å². The Kier molecular flexibility index (Phi) is 3.81. The number of para-hydroxylation sites is 1. The summed E-state index contributed by atoms with van der Waals surface area (Å²) in [6.07, 6.45) is 4.52. The zero-order valence-electron chi connectivity index (χ0n) is 13.3. The average molecular weight is 339 g/mol. The number of H-pyrrole nitrogens is 1. The Balaban J connectivity index is 1.42. The van der Waals surface area contributed by atoms with Crippen LogP contribution in [0.2, 0.25) is 5.02 Å². The second-order valence-corrected chi connectivity index (χ2v) is 7.04. The molecule has 0 atom stereocenters. The summed E-state index contributed by atoms with van der Waals surface area (Å²) in [6.45, 7) is 0.675. The van der Waals surface area contributed by atoms with E-state index in [2.05, 4.69) is 16.4 Å². The number of hydrogen-bond donors (Lipinski definition) is 2. The van der Waals surface area contributed by atoms with Crippen LogP contribution in [-0.4, -0.2) is 17.4 Å². The van der Waals surface area contributed by atoms with Gasteiger partial charge >= 0.3 is 0 Å². The van der Waals surface area contributed by atoms with Gasteiger partial charge in [0.1, 0.15) is 0 Å². The van der Waals surface area contributed by atoms with E-state index < -0.39 is 0 Å². The molecule has 4 rings (SSSR count). The van der Waals surface area contributed by atoms with E-state index in [1.165, 1.54) is 5.56 Å². The van der Waals surface area contributed by atoms with Gasteiger partial charge in [-0.3, -0.25) is 4.79 Å². The van der Waals surface area contributed by atoms with E-state index in [9.17, 15) is 4.79 Å². The molecule has 0 radical (unpaired) electrons. The fraction of sp³-hybridized carbons (Fsp3) is 0.250. The predicted molar refractivity (Wildman–Crippen MR) is 97.4 cm³/mol. The number of amides is 1. The fourth-order valence-corrected chi connectivity index (χ4v) is 3.51. The summed E-state index contributed by atoms with van der Waals surface area (Å²) in [5.41, 5.74) is 3.40. The molecule has 1 amide bonds. The normalized spacial score (nSPS) is 15.4. The topological polar surface area (TPSA) is 44.9 Å². The van der Waals surface area contributed by atoms with E-state index in [1.807, 2.05) is 48.7 Å². The lowest BCUT2D eigenvalue weighted by atomic mass is 9.96. The molecule has 0 spiro atoms. The zero-order chi connectivity index (χ0) is 16.6. The minimum Gasteiger partial charge on any atom is -0.361 e. The van der Waals surface area contributed by atoms with E-state index in [-0.39, 0.29) is 11.3 Å². The fourth-order valence-electron chi connectivity index (χ4n) is 3.32. The van der Waals surface area contributed by atoms with Crippen molar-refractivity contribution in [3.63, 3.8) is 0 Å². The van der Waals surface area contributed by atoms with Crippen molar-refractivity contribution in [2.45, 2.75) is 24.7 Å². The third-order valence-electron chi connectivity index (χ3n) is 4.94. The van der Waals surface area contributed by atoms with Gasteiger partial charge < -0.3 is 10.3 Å². The first-order valence-electron chi connectivity index (χ1n) is 8.24. The first kappa shape index (κ1) is 15.3. The Morgan fingerprint density at radius 2 is 2.00 bits per heavy atom. The van der Waals surface area contributed by atoms with Crippen LogP contribution in [-0.2, 0) is 16.6 Å². The molecule has 3 aromatic rings. The molecule has 1 aliphatic carbocycles. The number of fused-ring (bicyclic) bond motifs is 1. The van der Waals surface area contributed by atoms with Gasteiger partial charge in [0.05, 0.1) is 6.42 Å². The maximum Gasteiger partial charge on any atom is 0.224 e. The first-order valence-corrected chi connectivity index (χ1v) is 8.62. The highest BCUT2D eigenvalue weighted by atomic mass is 35.5.